The molecule has 0 amide bonds. The number of pyridine rings is 1. The molecule has 1 fully saturated rings. The summed E-state index contributed by atoms with van der Waals surface area (Å²) in [6, 6.07) is 6.61. The van der Waals surface area contributed by atoms with Crippen molar-refractivity contribution in [1.82, 2.24) is 19.9 Å². The van der Waals surface area contributed by atoms with Crippen LogP contribution in [-0.2, 0) is 13.0 Å². The molecule has 0 saturated carbocycles. The second-order valence-electron chi connectivity index (χ2n) is 7.01. The molecule has 2 atom stereocenters. The lowest BCUT2D eigenvalue weighted by Gasteiger charge is -2.20. The molecule has 6 nitrogen and oxygen atoms in total. The molecule has 2 aromatic heterocycles. The van der Waals surface area contributed by atoms with Crippen LogP contribution in [0.25, 0.3) is 0 Å². The highest BCUT2D eigenvalue weighted by Gasteiger charge is 2.31. The molecule has 0 aromatic carbocycles. The van der Waals surface area contributed by atoms with Crippen molar-refractivity contribution in [3.05, 3.63) is 41.0 Å². The van der Waals surface area contributed by atoms with Crippen molar-refractivity contribution < 1.29 is 9.47 Å². The summed E-state index contributed by atoms with van der Waals surface area (Å²) < 4.78 is 11.7. The Hall–Kier alpha value is -2.21. The first kappa shape index (κ1) is 16.3. The van der Waals surface area contributed by atoms with E-state index in [-0.39, 0.29) is 6.10 Å². The predicted molar refractivity (Wildman–Crippen MR) is 93.8 cm³/mol. The first-order chi connectivity index (χ1) is 12.1. The van der Waals surface area contributed by atoms with E-state index in [0.29, 0.717) is 11.9 Å². The Balaban J connectivity index is 1.41. The number of hydrogen-bond acceptors (Lipinski definition) is 6. The average Bonchev–Trinajstić information content (AvgIpc) is 3.13. The Morgan fingerprint density at radius 1 is 1.24 bits per heavy atom. The third-order valence-electron chi connectivity index (χ3n) is 4.87. The molecule has 25 heavy (non-hydrogen) atoms. The minimum atomic E-state index is 0.148. The highest BCUT2D eigenvalue weighted by Crippen LogP contribution is 2.26. The van der Waals surface area contributed by atoms with Crippen molar-refractivity contribution in [2.75, 3.05) is 13.2 Å². The fourth-order valence-electron chi connectivity index (χ4n) is 3.64. The van der Waals surface area contributed by atoms with E-state index in [4.69, 9.17) is 9.47 Å². The van der Waals surface area contributed by atoms with Gasteiger partial charge in [0.1, 0.15) is 11.9 Å². The van der Waals surface area contributed by atoms with Gasteiger partial charge in [-0.25, -0.2) is 9.97 Å². The topological polar surface area (TPSA) is 60.4 Å². The van der Waals surface area contributed by atoms with Gasteiger partial charge in [0.2, 0.25) is 11.8 Å². The van der Waals surface area contributed by atoms with Gasteiger partial charge in [-0.3, -0.25) is 4.90 Å². The number of aryl methyl sites for hydroxylation is 2. The largest absolute Gasteiger partial charge is 0.477 e. The molecule has 4 heterocycles. The number of aromatic nitrogens is 3. The Kier molecular flexibility index (Phi) is 4.29. The fraction of sp³-hybridized carbons (Fsp3) is 0.526. The summed E-state index contributed by atoms with van der Waals surface area (Å²) in [5, 5.41) is 0. The minimum absolute atomic E-state index is 0.148. The molecule has 6 heteroatoms. The molecule has 0 N–H and O–H groups in total. The van der Waals surface area contributed by atoms with Gasteiger partial charge < -0.3 is 9.47 Å². The second-order valence-corrected chi connectivity index (χ2v) is 7.01. The average molecular weight is 340 g/mol. The van der Waals surface area contributed by atoms with Crippen molar-refractivity contribution >= 4 is 0 Å². The van der Waals surface area contributed by atoms with Gasteiger partial charge in [0.05, 0.1) is 12.3 Å². The zero-order valence-electron chi connectivity index (χ0n) is 15.0. The van der Waals surface area contributed by atoms with E-state index < -0.39 is 0 Å². The van der Waals surface area contributed by atoms with E-state index in [9.17, 15) is 0 Å². The van der Waals surface area contributed by atoms with Gasteiger partial charge in [0.25, 0.3) is 0 Å². The number of nitrogens with zero attached hydrogens (tertiary/aromatic N) is 4. The van der Waals surface area contributed by atoms with Crippen LogP contribution in [-0.4, -0.2) is 45.1 Å². The fourth-order valence-corrected chi connectivity index (χ4v) is 3.64. The van der Waals surface area contributed by atoms with Gasteiger partial charge >= 0.3 is 0 Å². The zero-order valence-corrected chi connectivity index (χ0v) is 15.0. The molecule has 2 aromatic rings. The Morgan fingerprint density at radius 2 is 2.12 bits per heavy atom. The first-order valence-corrected chi connectivity index (χ1v) is 8.91. The van der Waals surface area contributed by atoms with Crippen molar-refractivity contribution in [3.8, 4) is 11.8 Å². The molecule has 0 unspecified atom stereocenters. The molecule has 1 saturated heterocycles. The quantitative estimate of drug-likeness (QED) is 0.852. The van der Waals surface area contributed by atoms with Crippen molar-refractivity contribution in [2.24, 2.45) is 0 Å². The Labute approximate surface area is 148 Å². The van der Waals surface area contributed by atoms with Crippen LogP contribution in [0.1, 0.15) is 36.1 Å². The molecular weight excluding hydrogens is 316 g/mol. The standard InChI is InChI=1S/C19H24N4O2/c1-12-8-18(21-14(3)20-12)25-17-9-13(2)23(11-17)10-16-5-4-15-6-7-24-19(15)22-16/h4-5,8,13,17H,6-7,9-11H2,1-3H3/t13-,17+/m0/s1. The van der Waals surface area contributed by atoms with Crippen molar-refractivity contribution in [3.63, 3.8) is 0 Å². The summed E-state index contributed by atoms with van der Waals surface area (Å²) in [5.74, 6) is 2.23. The number of ether oxygens (including phenoxy) is 2. The Morgan fingerprint density at radius 3 is 2.96 bits per heavy atom. The second kappa shape index (κ2) is 6.59. The van der Waals surface area contributed by atoms with E-state index in [0.717, 1.165) is 55.6 Å². The molecule has 132 valence electrons. The van der Waals surface area contributed by atoms with Crippen LogP contribution in [0.15, 0.2) is 18.2 Å². The lowest BCUT2D eigenvalue weighted by molar-refractivity contribution is 0.187. The van der Waals surface area contributed by atoms with Crippen LogP contribution in [0.4, 0.5) is 0 Å². The summed E-state index contributed by atoms with van der Waals surface area (Å²) in [4.78, 5) is 15.8. The first-order valence-electron chi connectivity index (χ1n) is 8.91. The summed E-state index contributed by atoms with van der Waals surface area (Å²) in [7, 11) is 0. The number of likely N-dealkylation sites (tertiary alicyclic amines) is 1. The molecule has 0 radical (unpaired) electrons. The predicted octanol–water partition coefficient (Wildman–Crippen LogP) is 2.47. The van der Waals surface area contributed by atoms with Gasteiger partial charge in [-0.1, -0.05) is 6.07 Å². The monoisotopic (exact) mass is 340 g/mol. The summed E-state index contributed by atoms with van der Waals surface area (Å²) in [5.41, 5.74) is 3.21. The molecule has 0 aliphatic carbocycles. The third kappa shape index (κ3) is 3.58. The summed E-state index contributed by atoms with van der Waals surface area (Å²) >= 11 is 0. The lowest BCUT2D eigenvalue weighted by atomic mass is 10.2. The van der Waals surface area contributed by atoms with Crippen LogP contribution in [0.3, 0.4) is 0 Å². The molecule has 0 spiro atoms. The normalized spacial score (nSPS) is 22.7. The smallest absolute Gasteiger partial charge is 0.217 e. The van der Waals surface area contributed by atoms with Gasteiger partial charge in [-0.15, -0.1) is 0 Å². The SMILES string of the molecule is Cc1cc(O[C@@H]2C[C@H](C)N(Cc3ccc4c(n3)OCC4)C2)nc(C)n1. The molecule has 2 aliphatic rings. The van der Waals surface area contributed by atoms with E-state index in [1.807, 2.05) is 19.9 Å². The number of rotatable bonds is 4. The molecule has 0 bridgehead atoms. The third-order valence-corrected chi connectivity index (χ3v) is 4.87. The van der Waals surface area contributed by atoms with E-state index >= 15 is 0 Å². The number of fused-ring (bicyclic) bond motifs is 1. The molecular formula is C19H24N4O2. The summed E-state index contributed by atoms with van der Waals surface area (Å²) in [6.07, 6.45) is 2.11. The summed E-state index contributed by atoms with van der Waals surface area (Å²) in [6.45, 7) is 8.55. The Bertz CT molecular complexity index is 760. The van der Waals surface area contributed by atoms with Crippen LogP contribution < -0.4 is 9.47 Å². The maximum Gasteiger partial charge on any atom is 0.217 e. The highest BCUT2D eigenvalue weighted by molar-refractivity contribution is 5.31. The van der Waals surface area contributed by atoms with Gasteiger partial charge in [0, 0.05) is 49.3 Å². The molecule has 2 aliphatic heterocycles. The van der Waals surface area contributed by atoms with Crippen LogP contribution in [0.5, 0.6) is 11.8 Å². The maximum atomic E-state index is 6.11. The van der Waals surface area contributed by atoms with Crippen LogP contribution >= 0.6 is 0 Å². The maximum absolute atomic E-state index is 6.11. The van der Waals surface area contributed by atoms with Gasteiger partial charge in [-0.05, 0) is 26.8 Å². The highest BCUT2D eigenvalue weighted by atomic mass is 16.5. The van der Waals surface area contributed by atoms with Crippen LogP contribution in [0, 0.1) is 13.8 Å². The van der Waals surface area contributed by atoms with E-state index in [1.165, 1.54) is 5.56 Å². The number of hydrogen-bond donors (Lipinski definition) is 0. The van der Waals surface area contributed by atoms with Crippen molar-refractivity contribution in [2.45, 2.75) is 52.3 Å². The van der Waals surface area contributed by atoms with E-state index in [2.05, 4.69) is 38.9 Å². The minimum Gasteiger partial charge on any atom is -0.477 e. The lowest BCUT2D eigenvalue weighted by Crippen LogP contribution is -2.28. The van der Waals surface area contributed by atoms with Gasteiger partial charge in [0.15, 0.2) is 0 Å². The molecule has 4 rings (SSSR count). The van der Waals surface area contributed by atoms with Crippen molar-refractivity contribution in [1.29, 1.82) is 0 Å². The van der Waals surface area contributed by atoms with Crippen LogP contribution in [0.2, 0.25) is 0 Å². The van der Waals surface area contributed by atoms with Gasteiger partial charge in [-0.2, -0.15) is 4.98 Å². The zero-order chi connectivity index (χ0) is 17.4. The van der Waals surface area contributed by atoms with E-state index in [1.54, 1.807) is 0 Å².